The van der Waals surface area contributed by atoms with E-state index in [-0.39, 0.29) is 5.91 Å². The van der Waals surface area contributed by atoms with Crippen molar-refractivity contribution in [2.75, 3.05) is 26.2 Å². The maximum atomic E-state index is 13.2. The van der Waals surface area contributed by atoms with Crippen LogP contribution in [0.2, 0.25) is 0 Å². The van der Waals surface area contributed by atoms with Crippen LogP contribution in [0.15, 0.2) is 29.9 Å². The lowest BCUT2D eigenvalue weighted by Crippen LogP contribution is -2.45. The van der Waals surface area contributed by atoms with E-state index in [1.165, 1.54) is 0 Å². The summed E-state index contributed by atoms with van der Waals surface area (Å²) in [5, 5.41) is 6.61. The van der Waals surface area contributed by atoms with E-state index >= 15 is 0 Å². The number of carbonyl (C=O) groups excluding carboxylic acids is 1. The Morgan fingerprint density at radius 2 is 2.00 bits per heavy atom. The van der Waals surface area contributed by atoms with Gasteiger partial charge in [-0.3, -0.25) is 4.79 Å². The number of halogens is 1. The molecular formula is C20H21IN6OS. The number of hydrogen-bond donors (Lipinski definition) is 0. The van der Waals surface area contributed by atoms with Gasteiger partial charge in [-0.1, -0.05) is 6.07 Å². The summed E-state index contributed by atoms with van der Waals surface area (Å²) in [6.45, 7) is 5.31. The molecule has 2 fully saturated rings. The molecule has 7 nitrogen and oxygen atoms in total. The molecule has 0 atom stereocenters. The van der Waals surface area contributed by atoms with Gasteiger partial charge in [0.2, 0.25) is 0 Å². The number of thiophene rings is 1. The summed E-state index contributed by atoms with van der Waals surface area (Å²) in [4.78, 5) is 25.6. The van der Waals surface area contributed by atoms with Crippen molar-refractivity contribution in [1.29, 1.82) is 0 Å². The van der Waals surface area contributed by atoms with Crippen LogP contribution in [0.25, 0.3) is 16.5 Å². The van der Waals surface area contributed by atoms with E-state index in [1.807, 2.05) is 29.5 Å². The Kier molecular flexibility index (Phi) is 5.12. The van der Waals surface area contributed by atoms with Crippen LogP contribution in [0.1, 0.15) is 40.4 Å². The van der Waals surface area contributed by atoms with Gasteiger partial charge in [0.25, 0.3) is 11.9 Å². The van der Waals surface area contributed by atoms with Crippen LogP contribution < -0.4 is 0 Å². The predicted octanol–water partition coefficient (Wildman–Crippen LogP) is 3.68. The highest BCUT2D eigenvalue weighted by Crippen LogP contribution is 2.42. The van der Waals surface area contributed by atoms with Gasteiger partial charge in [0.15, 0.2) is 0 Å². The number of carbonyl (C=O) groups is 1. The van der Waals surface area contributed by atoms with E-state index in [0.717, 1.165) is 60.8 Å². The Balaban J connectivity index is 1.52. The summed E-state index contributed by atoms with van der Waals surface area (Å²) in [6, 6.07) is 4.09. The highest BCUT2D eigenvalue weighted by molar-refractivity contribution is 14.1. The SMILES string of the molecule is Cc1cnc(-n2ncc(C(=O)N3CCN(I)CC3)c2C2CC2)nc1-c1cccs1. The maximum Gasteiger partial charge on any atom is 0.257 e. The zero-order valence-corrected chi connectivity index (χ0v) is 19.1. The number of nitrogens with zero attached hydrogens (tertiary/aromatic N) is 6. The largest absolute Gasteiger partial charge is 0.336 e. The van der Waals surface area contributed by atoms with Crippen molar-refractivity contribution in [3.8, 4) is 16.5 Å². The van der Waals surface area contributed by atoms with E-state index in [4.69, 9.17) is 4.98 Å². The highest BCUT2D eigenvalue weighted by atomic mass is 127. The molecule has 1 aliphatic heterocycles. The first kappa shape index (κ1) is 19.1. The van der Waals surface area contributed by atoms with Crippen LogP contribution in [0.5, 0.6) is 0 Å². The van der Waals surface area contributed by atoms with Crippen LogP contribution in [0.3, 0.4) is 0 Å². The lowest BCUT2D eigenvalue weighted by atomic mass is 10.1. The number of amides is 1. The van der Waals surface area contributed by atoms with Gasteiger partial charge in [-0.15, -0.1) is 11.3 Å². The lowest BCUT2D eigenvalue weighted by molar-refractivity contribution is 0.0710. The normalized spacial score (nSPS) is 17.7. The van der Waals surface area contributed by atoms with E-state index in [1.54, 1.807) is 22.2 Å². The first-order valence-corrected chi connectivity index (χ1v) is 11.6. The molecule has 0 radical (unpaired) electrons. The van der Waals surface area contributed by atoms with Crippen molar-refractivity contribution in [3.05, 3.63) is 46.7 Å². The monoisotopic (exact) mass is 520 g/mol. The summed E-state index contributed by atoms with van der Waals surface area (Å²) < 4.78 is 4.01. The Morgan fingerprint density at radius 1 is 1.21 bits per heavy atom. The fraction of sp³-hybridized carbons (Fsp3) is 0.400. The molecule has 0 unspecified atom stereocenters. The molecule has 0 bridgehead atoms. The number of rotatable bonds is 4. The number of aryl methyl sites for hydroxylation is 1. The molecule has 29 heavy (non-hydrogen) atoms. The second kappa shape index (κ2) is 7.77. The summed E-state index contributed by atoms with van der Waals surface area (Å²) in [5.41, 5.74) is 3.63. The van der Waals surface area contributed by atoms with Gasteiger partial charge < -0.3 is 4.90 Å². The van der Waals surface area contributed by atoms with Gasteiger partial charge in [-0.05, 0) is 36.8 Å². The average molecular weight is 520 g/mol. The molecule has 4 heterocycles. The molecule has 0 N–H and O–H groups in total. The fourth-order valence-corrected chi connectivity index (χ4v) is 4.90. The van der Waals surface area contributed by atoms with E-state index in [0.29, 0.717) is 17.4 Å². The minimum Gasteiger partial charge on any atom is -0.336 e. The minimum atomic E-state index is 0.0771. The van der Waals surface area contributed by atoms with Crippen LogP contribution in [-0.2, 0) is 0 Å². The van der Waals surface area contributed by atoms with E-state index < -0.39 is 0 Å². The van der Waals surface area contributed by atoms with E-state index in [9.17, 15) is 4.79 Å². The molecular weight excluding hydrogens is 499 g/mol. The van der Waals surface area contributed by atoms with Gasteiger partial charge in [-0.25, -0.2) is 17.8 Å². The molecule has 1 aliphatic carbocycles. The summed E-state index contributed by atoms with van der Waals surface area (Å²) >= 11 is 3.98. The van der Waals surface area contributed by atoms with Gasteiger partial charge in [-0.2, -0.15) is 5.10 Å². The van der Waals surface area contributed by atoms with Crippen LogP contribution in [-0.4, -0.2) is 59.8 Å². The highest BCUT2D eigenvalue weighted by Gasteiger charge is 2.35. The molecule has 0 aromatic carbocycles. The molecule has 9 heteroatoms. The Hall–Kier alpha value is -1.85. The first-order valence-electron chi connectivity index (χ1n) is 9.77. The Morgan fingerprint density at radius 3 is 2.69 bits per heavy atom. The second-order valence-electron chi connectivity index (χ2n) is 7.51. The minimum absolute atomic E-state index is 0.0771. The first-order chi connectivity index (χ1) is 14.1. The maximum absolute atomic E-state index is 13.2. The second-order valence-corrected chi connectivity index (χ2v) is 9.82. The Bertz CT molecular complexity index is 1040. The van der Waals surface area contributed by atoms with Crippen molar-refractivity contribution in [2.45, 2.75) is 25.7 Å². The zero-order chi connectivity index (χ0) is 20.0. The van der Waals surface area contributed by atoms with E-state index in [2.05, 4.69) is 42.1 Å². The van der Waals surface area contributed by atoms with Crippen LogP contribution >= 0.6 is 34.2 Å². The van der Waals surface area contributed by atoms with Crippen LogP contribution in [0, 0.1) is 6.92 Å². The van der Waals surface area contributed by atoms with Crippen molar-refractivity contribution in [3.63, 3.8) is 0 Å². The van der Waals surface area contributed by atoms with Crippen LogP contribution in [0.4, 0.5) is 0 Å². The number of aromatic nitrogens is 4. The molecule has 1 amide bonds. The predicted molar refractivity (Wildman–Crippen MR) is 121 cm³/mol. The smallest absolute Gasteiger partial charge is 0.257 e. The third-order valence-electron chi connectivity index (χ3n) is 5.42. The molecule has 2 aliphatic rings. The molecule has 150 valence electrons. The molecule has 3 aromatic rings. The van der Waals surface area contributed by atoms with Gasteiger partial charge >= 0.3 is 0 Å². The standard InChI is InChI=1S/C20H21IN6OS/c1-13-11-22-20(24-17(13)16-3-2-10-29-16)27-18(14-4-5-14)15(12-23-27)19(28)25-6-8-26(21)9-7-25/h2-3,10-12,14H,4-9H2,1H3. The third-order valence-corrected chi connectivity index (χ3v) is 7.26. The molecule has 1 saturated heterocycles. The summed E-state index contributed by atoms with van der Waals surface area (Å²) in [6.07, 6.45) is 5.71. The third kappa shape index (κ3) is 3.71. The van der Waals surface area contributed by atoms with Crippen molar-refractivity contribution in [1.82, 2.24) is 27.8 Å². The average Bonchev–Trinajstić information content (AvgIpc) is 3.25. The zero-order valence-electron chi connectivity index (χ0n) is 16.1. The summed E-state index contributed by atoms with van der Waals surface area (Å²) in [5.74, 6) is 0.975. The molecule has 3 aromatic heterocycles. The topological polar surface area (TPSA) is 67.2 Å². The lowest BCUT2D eigenvalue weighted by Gasteiger charge is -2.31. The molecule has 1 saturated carbocycles. The number of hydrogen-bond acceptors (Lipinski definition) is 6. The molecule has 0 spiro atoms. The summed E-state index contributed by atoms with van der Waals surface area (Å²) in [7, 11) is 0. The van der Waals surface area contributed by atoms with Crippen molar-refractivity contribution in [2.24, 2.45) is 0 Å². The fourth-order valence-electron chi connectivity index (χ4n) is 3.68. The Labute approximate surface area is 187 Å². The molecule has 5 rings (SSSR count). The number of piperazine rings is 1. The van der Waals surface area contributed by atoms with Crippen molar-refractivity contribution < 1.29 is 4.79 Å². The van der Waals surface area contributed by atoms with Crippen molar-refractivity contribution >= 4 is 40.1 Å². The van der Waals surface area contributed by atoms with Gasteiger partial charge in [0.1, 0.15) is 0 Å². The van der Waals surface area contributed by atoms with Gasteiger partial charge in [0, 0.05) is 61.2 Å². The van der Waals surface area contributed by atoms with Gasteiger partial charge in [0.05, 0.1) is 28.0 Å². The quantitative estimate of drug-likeness (QED) is 0.388.